The lowest BCUT2D eigenvalue weighted by Crippen LogP contribution is -2.29. The number of hydrogen-bond acceptors (Lipinski definition) is 3. The van der Waals surface area contributed by atoms with Crippen molar-refractivity contribution in [1.82, 2.24) is 9.88 Å². The average molecular weight is 241 g/mol. The summed E-state index contributed by atoms with van der Waals surface area (Å²) in [7, 11) is 1.74. The van der Waals surface area contributed by atoms with E-state index in [-0.39, 0.29) is 0 Å². The Morgan fingerprint density at radius 2 is 2.38 bits per heavy atom. The molecule has 1 aromatic heterocycles. The Morgan fingerprint density at radius 1 is 1.56 bits per heavy atom. The molecule has 2 rings (SSSR count). The van der Waals surface area contributed by atoms with Gasteiger partial charge in [-0.15, -0.1) is 0 Å². The van der Waals surface area contributed by atoms with Crippen LogP contribution in [0.15, 0.2) is 18.3 Å². The first-order valence-corrected chi connectivity index (χ1v) is 6.01. The maximum absolute atomic E-state index is 5.87. The number of nitrogens with zero attached hydrogens (tertiary/aromatic N) is 2. The molecule has 0 aliphatic heterocycles. The Morgan fingerprint density at radius 3 is 3.00 bits per heavy atom. The van der Waals surface area contributed by atoms with Crippen molar-refractivity contribution < 1.29 is 4.74 Å². The fourth-order valence-corrected chi connectivity index (χ4v) is 2.01. The van der Waals surface area contributed by atoms with Crippen LogP contribution in [0.25, 0.3) is 0 Å². The molecule has 16 heavy (non-hydrogen) atoms. The van der Waals surface area contributed by atoms with E-state index in [1.54, 1.807) is 13.3 Å². The van der Waals surface area contributed by atoms with Gasteiger partial charge in [0.25, 0.3) is 0 Å². The molecule has 0 atom stereocenters. The lowest BCUT2D eigenvalue weighted by atomic mass is 10.2. The van der Waals surface area contributed by atoms with Gasteiger partial charge in [0.1, 0.15) is 5.15 Å². The summed E-state index contributed by atoms with van der Waals surface area (Å²) in [5.74, 6) is 0. The zero-order chi connectivity index (χ0) is 11.4. The molecule has 1 aromatic rings. The lowest BCUT2D eigenvalue weighted by Gasteiger charge is -2.21. The molecule has 4 heteroatoms. The van der Waals surface area contributed by atoms with Gasteiger partial charge in [-0.3, -0.25) is 4.90 Å². The van der Waals surface area contributed by atoms with Gasteiger partial charge in [-0.25, -0.2) is 4.98 Å². The van der Waals surface area contributed by atoms with Crippen LogP contribution in [-0.4, -0.2) is 36.2 Å². The number of methoxy groups -OCH3 is 1. The van der Waals surface area contributed by atoms with Crippen LogP contribution in [0.4, 0.5) is 0 Å². The first-order chi connectivity index (χ1) is 7.79. The van der Waals surface area contributed by atoms with E-state index in [1.165, 1.54) is 18.4 Å². The van der Waals surface area contributed by atoms with Gasteiger partial charge in [-0.2, -0.15) is 0 Å². The first-order valence-electron chi connectivity index (χ1n) is 5.63. The smallest absolute Gasteiger partial charge is 0.129 e. The van der Waals surface area contributed by atoms with Gasteiger partial charge >= 0.3 is 0 Å². The average Bonchev–Trinajstić information content (AvgIpc) is 3.08. The molecular formula is C12H17ClN2O. The summed E-state index contributed by atoms with van der Waals surface area (Å²) in [6.45, 7) is 2.71. The Balaban J connectivity index is 1.94. The second-order valence-corrected chi connectivity index (χ2v) is 4.57. The van der Waals surface area contributed by atoms with E-state index >= 15 is 0 Å². The third kappa shape index (κ3) is 3.44. The van der Waals surface area contributed by atoms with Crippen LogP contribution in [0.5, 0.6) is 0 Å². The SMILES string of the molecule is COCCN(Cc1ccnc(Cl)c1)C1CC1. The summed E-state index contributed by atoms with van der Waals surface area (Å²) < 4.78 is 5.13. The van der Waals surface area contributed by atoms with Crippen molar-refractivity contribution in [3.63, 3.8) is 0 Å². The molecule has 0 unspecified atom stereocenters. The highest BCUT2D eigenvalue weighted by Crippen LogP contribution is 2.28. The standard InChI is InChI=1S/C12H17ClN2O/c1-16-7-6-15(11-2-3-11)9-10-4-5-14-12(13)8-10/h4-5,8,11H,2-3,6-7,9H2,1H3. The number of pyridine rings is 1. The van der Waals surface area contributed by atoms with Crippen LogP contribution in [0.1, 0.15) is 18.4 Å². The van der Waals surface area contributed by atoms with Crippen molar-refractivity contribution >= 4 is 11.6 Å². The van der Waals surface area contributed by atoms with Gasteiger partial charge in [0.15, 0.2) is 0 Å². The number of aromatic nitrogens is 1. The topological polar surface area (TPSA) is 25.4 Å². The molecule has 1 aliphatic carbocycles. The molecule has 1 fully saturated rings. The largest absolute Gasteiger partial charge is 0.383 e. The summed E-state index contributed by atoms with van der Waals surface area (Å²) in [6, 6.07) is 4.69. The van der Waals surface area contributed by atoms with Crippen LogP contribution < -0.4 is 0 Å². The monoisotopic (exact) mass is 240 g/mol. The van der Waals surface area contributed by atoms with Gasteiger partial charge in [0.05, 0.1) is 6.61 Å². The molecule has 0 amide bonds. The molecule has 1 aliphatic rings. The summed E-state index contributed by atoms with van der Waals surface area (Å²) >= 11 is 5.87. The van der Waals surface area contributed by atoms with Crippen molar-refractivity contribution in [3.8, 4) is 0 Å². The summed E-state index contributed by atoms with van der Waals surface area (Å²) in [4.78, 5) is 6.45. The number of ether oxygens (including phenoxy) is 1. The second-order valence-electron chi connectivity index (χ2n) is 4.18. The van der Waals surface area contributed by atoms with Crippen molar-refractivity contribution in [2.24, 2.45) is 0 Å². The molecule has 3 nitrogen and oxygen atoms in total. The molecule has 0 radical (unpaired) electrons. The zero-order valence-corrected chi connectivity index (χ0v) is 10.3. The molecule has 0 spiro atoms. The van der Waals surface area contributed by atoms with Gasteiger partial charge in [-0.05, 0) is 30.5 Å². The summed E-state index contributed by atoms with van der Waals surface area (Å²) in [5.41, 5.74) is 1.23. The van der Waals surface area contributed by atoms with Crippen LogP contribution in [0.3, 0.4) is 0 Å². The third-order valence-electron chi connectivity index (χ3n) is 2.82. The lowest BCUT2D eigenvalue weighted by molar-refractivity contribution is 0.139. The normalized spacial score (nSPS) is 15.7. The molecular weight excluding hydrogens is 224 g/mol. The van der Waals surface area contributed by atoms with Crippen molar-refractivity contribution in [1.29, 1.82) is 0 Å². The zero-order valence-electron chi connectivity index (χ0n) is 9.53. The minimum absolute atomic E-state index is 0.569. The van der Waals surface area contributed by atoms with Gasteiger partial charge in [0.2, 0.25) is 0 Å². The van der Waals surface area contributed by atoms with Crippen LogP contribution in [0, 0.1) is 0 Å². The minimum atomic E-state index is 0.569. The summed E-state index contributed by atoms with van der Waals surface area (Å²) in [6.07, 6.45) is 4.38. The van der Waals surface area contributed by atoms with E-state index in [2.05, 4.69) is 9.88 Å². The molecule has 1 saturated carbocycles. The highest BCUT2D eigenvalue weighted by Gasteiger charge is 2.28. The third-order valence-corrected chi connectivity index (χ3v) is 3.03. The Bertz CT molecular complexity index is 342. The van der Waals surface area contributed by atoms with Crippen molar-refractivity contribution in [2.75, 3.05) is 20.3 Å². The predicted octanol–water partition coefficient (Wildman–Crippen LogP) is 2.35. The highest BCUT2D eigenvalue weighted by molar-refractivity contribution is 6.29. The summed E-state index contributed by atoms with van der Waals surface area (Å²) in [5, 5.41) is 0.569. The number of rotatable bonds is 6. The fraction of sp³-hybridized carbons (Fsp3) is 0.583. The Labute approximate surface area is 101 Å². The Hall–Kier alpha value is -0.640. The maximum atomic E-state index is 5.87. The van der Waals surface area contributed by atoms with E-state index < -0.39 is 0 Å². The van der Waals surface area contributed by atoms with Crippen LogP contribution in [0.2, 0.25) is 5.15 Å². The first kappa shape index (κ1) is 11.8. The second kappa shape index (κ2) is 5.62. The van der Waals surface area contributed by atoms with E-state index in [0.29, 0.717) is 5.15 Å². The quantitative estimate of drug-likeness (QED) is 0.714. The molecule has 88 valence electrons. The van der Waals surface area contributed by atoms with Crippen molar-refractivity contribution in [2.45, 2.75) is 25.4 Å². The minimum Gasteiger partial charge on any atom is -0.383 e. The predicted molar refractivity (Wildman–Crippen MR) is 64.6 cm³/mol. The van der Waals surface area contributed by atoms with Crippen LogP contribution >= 0.6 is 11.6 Å². The van der Waals surface area contributed by atoms with E-state index in [4.69, 9.17) is 16.3 Å². The van der Waals surface area contributed by atoms with Gasteiger partial charge in [0, 0.05) is 32.4 Å². The molecule has 0 aromatic carbocycles. The van der Waals surface area contributed by atoms with E-state index in [9.17, 15) is 0 Å². The van der Waals surface area contributed by atoms with Gasteiger partial charge in [-0.1, -0.05) is 11.6 Å². The van der Waals surface area contributed by atoms with E-state index in [0.717, 1.165) is 25.7 Å². The molecule has 0 bridgehead atoms. The van der Waals surface area contributed by atoms with Crippen molar-refractivity contribution in [3.05, 3.63) is 29.0 Å². The fourth-order valence-electron chi connectivity index (χ4n) is 1.81. The van der Waals surface area contributed by atoms with Gasteiger partial charge < -0.3 is 4.74 Å². The van der Waals surface area contributed by atoms with E-state index in [1.807, 2.05) is 12.1 Å². The maximum Gasteiger partial charge on any atom is 0.129 e. The Kier molecular flexibility index (Phi) is 4.16. The molecule has 0 N–H and O–H groups in total. The highest BCUT2D eigenvalue weighted by atomic mass is 35.5. The molecule has 0 saturated heterocycles. The molecule has 1 heterocycles. The van der Waals surface area contributed by atoms with Crippen LogP contribution in [-0.2, 0) is 11.3 Å². The number of hydrogen-bond donors (Lipinski definition) is 0. The number of halogens is 1.